The van der Waals surface area contributed by atoms with Crippen molar-refractivity contribution in [1.29, 1.82) is 5.26 Å². The molecule has 27 heavy (non-hydrogen) atoms. The van der Waals surface area contributed by atoms with Gasteiger partial charge in [-0.2, -0.15) is 10.4 Å². The number of fused-ring (bicyclic) bond motifs is 1. The van der Waals surface area contributed by atoms with Crippen LogP contribution < -0.4 is 10.6 Å². The molecule has 2 aromatic rings. The number of amides is 3. The molecule has 1 aliphatic rings. The minimum absolute atomic E-state index is 0.0329. The lowest BCUT2D eigenvalue weighted by Crippen LogP contribution is -2.34. The molecule has 1 aliphatic carbocycles. The van der Waals surface area contributed by atoms with Gasteiger partial charge in [-0.3, -0.25) is 9.48 Å². The Balaban J connectivity index is 1.68. The summed E-state index contributed by atoms with van der Waals surface area (Å²) in [4.78, 5) is 25.8. The number of carbonyl (C=O) groups excluding carboxylic acids is 2. The Kier molecular flexibility index (Phi) is 5.41. The van der Waals surface area contributed by atoms with E-state index in [4.69, 9.17) is 5.26 Å². The van der Waals surface area contributed by atoms with Crippen molar-refractivity contribution in [2.75, 3.05) is 19.4 Å². The molecule has 0 fully saturated rings. The normalized spacial score (nSPS) is 15.4. The van der Waals surface area contributed by atoms with Gasteiger partial charge in [0.05, 0.1) is 23.4 Å². The lowest BCUT2D eigenvalue weighted by molar-refractivity contribution is -0.129. The summed E-state index contributed by atoms with van der Waals surface area (Å²) in [6, 6.07) is 8.24. The molecule has 3 amide bonds. The number of benzene rings is 1. The fraction of sp³-hybridized carbons (Fsp3) is 0.368. The van der Waals surface area contributed by atoms with Gasteiger partial charge in [-0.05, 0) is 43.0 Å². The van der Waals surface area contributed by atoms with E-state index in [0.29, 0.717) is 11.3 Å². The van der Waals surface area contributed by atoms with Gasteiger partial charge in [0.2, 0.25) is 5.91 Å². The van der Waals surface area contributed by atoms with Crippen molar-refractivity contribution in [3.63, 3.8) is 0 Å². The van der Waals surface area contributed by atoms with Crippen LogP contribution in [0.2, 0.25) is 0 Å². The second-order valence-corrected chi connectivity index (χ2v) is 6.76. The first-order valence-corrected chi connectivity index (χ1v) is 8.80. The first kappa shape index (κ1) is 18.5. The second-order valence-electron chi connectivity index (χ2n) is 6.76. The molecular weight excluding hydrogens is 344 g/mol. The predicted octanol–water partition coefficient (Wildman–Crippen LogP) is 2.04. The average Bonchev–Trinajstić information content (AvgIpc) is 3.05. The van der Waals surface area contributed by atoms with E-state index < -0.39 is 0 Å². The Morgan fingerprint density at radius 1 is 1.41 bits per heavy atom. The second kappa shape index (κ2) is 7.91. The highest BCUT2D eigenvalue weighted by Crippen LogP contribution is 2.28. The zero-order valence-electron chi connectivity index (χ0n) is 15.4. The first-order chi connectivity index (χ1) is 13.0. The Morgan fingerprint density at radius 3 is 2.96 bits per heavy atom. The molecule has 0 radical (unpaired) electrons. The molecular formula is C19H22N6O2. The quantitative estimate of drug-likeness (QED) is 0.864. The third kappa shape index (κ3) is 4.44. The number of likely N-dealkylation sites (N-methyl/N-ethyl adjacent to an activating group) is 1. The smallest absolute Gasteiger partial charge is 0.319 e. The van der Waals surface area contributed by atoms with Gasteiger partial charge in [-0.1, -0.05) is 6.07 Å². The van der Waals surface area contributed by atoms with Crippen LogP contribution in [0.15, 0.2) is 30.5 Å². The highest BCUT2D eigenvalue weighted by atomic mass is 16.2. The van der Waals surface area contributed by atoms with Gasteiger partial charge < -0.3 is 15.5 Å². The minimum atomic E-state index is -0.346. The van der Waals surface area contributed by atoms with Crippen molar-refractivity contribution >= 4 is 17.6 Å². The predicted molar refractivity (Wildman–Crippen MR) is 99.9 cm³/mol. The molecule has 0 saturated heterocycles. The Bertz CT molecular complexity index is 896. The highest BCUT2D eigenvalue weighted by Gasteiger charge is 2.26. The van der Waals surface area contributed by atoms with Crippen LogP contribution in [0.4, 0.5) is 10.5 Å². The molecule has 0 saturated carbocycles. The molecule has 2 N–H and O–H groups in total. The number of rotatable bonds is 4. The SMILES string of the molecule is CN(C)C(=O)Cn1cc2c(n1)[C@@H](NC(=O)Nc1cccc(C#N)c1)CCC2. The van der Waals surface area contributed by atoms with Gasteiger partial charge in [-0.15, -0.1) is 0 Å². The maximum Gasteiger partial charge on any atom is 0.319 e. The number of anilines is 1. The number of aromatic nitrogens is 2. The molecule has 1 heterocycles. The van der Waals surface area contributed by atoms with Crippen molar-refractivity contribution in [2.24, 2.45) is 0 Å². The van der Waals surface area contributed by atoms with E-state index in [9.17, 15) is 9.59 Å². The van der Waals surface area contributed by atoms with E-state index in [-0.39, 0.29) is 24.5 Å². The Labute approximate surface area is 157 Å². The van der Waals surface area contributed by atoms with E-state index in [1.54, 1.807) is 43.0 Å². The standard InChI is InChI=1S/C19H22N6O2/c1-24(2)17(26)12-25-11-14-6-4-8-16(18(14)23-25)22-19(27)21-15-7-3-5-13(9-15)10-20/h3,5,7,9,11,16H,4,6,8,12H2,1-2H3,(H2,21,22,27)/t16-/m0/s1. The zero-order chi connectivity index (χ0) is 19.4. The van der Waals surface area contributed by atoms with E-state index >= 15 is 0 Å². The molecule has 1 aromatic carbocycles. The summed E-state index contributed by atoms with van der Waals surface area (Å²) in [6.45, 7) is 0.180. The molecule has 3 rings (SSSR count). The van der Waals surface area contributed by atoms with Crippen LogP contribution in [-0.2, 0) is 17.8 Å². The summed E-state index contributed by atoms with van der Waals surface area (Å²) in [5, 5.41) is 19.2. The summed E-state index contributed by atoms with van der Waals surface area (Å²) in [7, 11) is 3.42. The van der Waals surface area contributed by atoms with Crippen LogP contribution in [0.5, 0.6) is 0 Å². The summed E-state index contributed by atoms with van der Waals surface area (Å²) < 4.78 is 1.64. The number of nitrogens with zero attached hydrogens (tertiary/aromatic N) is 4. The van der Waals surface area contributed by atoms with Gasteiger partial charge in [0.15, 0.2) is 0 Å². The zero-order valence-corrected chi connectivity index (χ0v) is 15.4. The van der Waals surface area contributed by atoms with E-state index in [1.807, 2.05) is 12.3 Å². The lowest BCUT2D eigenvalue weighted by atomic mass is 9.94. The van der Waals surface area contributed by atoms with Crippen LogP contribution in [0.3, 0.4) is 0 Å². The number of nitrogens with one attached hydrogen (secondary N) is 2. The molecule has 8 heteroatoms. The number of aryl methyl sites for hydroxylation is 1. The van der Waals surface area contributed by atoms with Crippen molar-refractivity contribution in [3.05, 3.63) is 47.3 Å². The molecule has 0 spiro atoms. The van der Waals surface area contributed by atoms with E-state index in [0.717, 1.165) is 30.5 Å². The third-order valence-corrected chi connectivity index (χ3v) is 4.49. The fourth-order valence-corrected chi connectivity index (χ4v) is 3.09. The van der Waals surface area contributed by atoms with Gasteiger partial charge in [-0.25, -0.2) is 4.79 Å². The van der Waals surface area contributed by atoms with Gasteiger partial charge >= 0.3 is 6.03 Å². The van der Waals surface area contributed by atoms with Crippen LogP contribution >= 0.6 is 0 Å². The summed E-state index contributed by atoms with van der Waals surface area (Å²) >= 11 is 0. The van der Waals surface area contributed by atoms with Crippen molar-refractivity contribution in [1.82, 2.24) is 20.0 Å². The monoisotopic (exact) mass is 366 g/mol. The number of carbonyl (C=O) groups is 2. The van der Waals surface area contributed by atoms with Crippen LogP contribution in [0, 0.1) is 11.3 Å². The first-order valence-electron chi connectivity index (χ1n) is 8.80. The Morgan fingerprint density at radius 2 is 2.22 bits per heavy atom. The average molecular weight is 366 g/mol. The topological polar surface area (TPSA) is 103 Å². The number of urea groups is 1. The van der Waals surface area contributed by atoms with Crippen LogP contribution in [0.25, 0.3) is 0 Å². The van der Waals surface area contributed by atoms with E-state index in [1.165, 1.54) is 4.90 Å². The number of hydrogen-bond donors (Lipinski definition) is 2. The molecule has 140 valence electrons. The fourth-order valence-electron chi connectivity index (χ4n) is 3.09. The van der Waals surface area contributed by atoms with Crippen molar-refractivity contribution in [3.8, 4) is 6.07 Å². The summed E-state index contributed by atoms with van der Waals surface area (Å²) in [5.41, 5.74) is 2.92. The van der Waals surface area contributed by atoms with Crippen molar-refractivity contribution in [2.45, 2.75) is 31.8 Å². The number of hydrogen-bond acceptors (Lipinski definition) is 4. The molecule has 0 unspecified atom stereocenters. The molecule has 1 aromatic heterocycles. The minimum Gasteiger partial charge on any atom is -0.347 e. The molecule has 0 aliphatic heterocycles. The largest absolute Gasteiger partial charge is 0.347 e. The van der Waals surface area contributed by atoms with Gasteiger partial charge in [0.1, 0.15) is 6.54 Å². The lowest BCUT2D eigenvalue weighted by Gasteiger charge is -2.22. The van der Waals surface area contributed by atoms with Crippen LogP contribution in [0.1, 0.15) is 35.7 Å². The highest BCUT2D eigenvalue weighted by molar-refractivity contribution is 5.89. The van der Waals surface area contributed by atoms with E-state index in [2.05, 4.69) is 15.7 Å². The van der Waals surface area contributed by atoms with Gasteiger partial charge in [0, 0.05) is 26.0 Å². The van der Waals surface area contributed by atoms with Crippen molar-refractivity contribution < 1.29 is 9.59 Å². The summed E-state index contributed by atoms with van der Waals surface area (Å²) in [6.07, 6.45) is 4.50. The molecule has 8 nitrogen and oxygen atoms in total. The summed E-state index contributed by atoms with van der Waals surface area (Å²) in [5.74, 6) is -0.0329. The molecule has 1 atom stereocenters. The third-order valence-electron chi connectivity index (χ3n) is 4.49. The number of nitriles is 1. The molecule has 0 bridgehead atoms. The maximum atomic E-state index is 12.4. The maximum absolute atomic E-state index is 12.4. The Hall–Kier alpha value is -3.34. The van der Waals surface area contributed by atoms with Gasteiger partial charge in [0.25, 0.3) is 0 Å². The van der Waals surface area contributed by atoms with Crippen LogP contribution in [-0.4, -0.2) is 40.7 Å².